The number of hydrogen-bond acceptors (Lipinski definition) is 3. The van der Waals surface area contributed by atoms with Gasteiger partial charge in [-0.1, -0.05) is 12.1 Å². The Hall–Kier alpha value is -3.09. The van der Waals surface area contributed by atoms with Crippen molar-refractivity contribution in [3.8, 4) is 5.69 Å². The van der Waals surface area contributed by atoms with Crippen LogP contribution in [-0.4, -0.2) is 31.6 Å². The fourth-order valence-electron chi connectivity index (χ4n) is 2.98. The molecule has 1 saturated carbocycles. The molecule has 0 atom stereocenters. The summed E-state index contributed by atoms with van der Waals surface area (Å²) in [7, 11) is 0. The van der Waals surface area contributed by atoms with Crippen LogP contribution in [0.2, 0.25) is 0 Å². The predicted molar refractivity (Wildman–Crippen MR) is 95.3 cm³/mol. The second kappa shape index (κ2) is 6.90. The summed E-state index contributed by atoms with van der Waals surface area (Å²) in [4.78, 5) is 19.0. The van der Waals surface area contributed by atoms with Crippen molar-refractivity contribution in [3.05, 3.63) is 77.4 Å². The van der Waals surface area contributed by atoms with Gasteiger partial charge in [-0.2, -0.15) is 0 Å². The Labute approximate surface area is 155 Å². The van der Waals surface area contributed by atoms with Crippen molar-refractivity contribution < 1.29 is 13.6 Å². The number of aryl methyl sites for hydroxylation is 1. The second-order valence-corrected chi connectivity index (χ2v) is 6.66. The fraction of sp³-hybridized carbons (Fsp3) is 0.250. The summed E-state index contributed by atoms with van der Waals surface area (Å²) in [5, 5.41) is 4.33. The van der Waals surface area contributed by atoms with Gasteiger partial charge in [0.15, 0.2) is 0 Å². The molecule has 1 aliphatic carbocycles. The van der Waals surface area contributed by atoms with Crippen LogP contribution in [0.5, 0.6) is 0 Å². The first-order chi connectivity index (χ1) is 13.0. The molecule has 0 aliphatic heterocycles. The molecule has 3 aromatic rings. The van der Waals surface area contributed by atoms with Crippen molar-refractivity contribution in [1.82, 2.24) is 19.7 Å². The van der Waals surface area contributed by atoms with Gasteiger partial charge in [-0.3, -0.25) is 4.79 Å². The van der Waals surface area contributed by atoms with E-state index in [1.54, 1.807) is 36.1 Å². The molecule has 0 unspecified atom stereocenters. The number of halogens is 2. The smallest absolute Gasteiger partial charge is 0.294 e. The van der Waals surface area contributed by atoms with Crippen molar-refractivity contribution >= 4 is 5.91 Å². The van der Waals surface area contributed by atoms with Crippen LogP contribution in [0.1, 0.15) is 34.8 Å². The van der Waals surface area contributed by atoms with Crippen LogP contribution in [0, 0.1) is 18.6 Å². The highest BCUT2D eigenvalue weighted by molar-refractivity contribution is 5.91. The molecule has 0 saturated heterocycles. The maximum atomic E-state index is 13.1. The van der Waals surface area contributed by atoms with Crippen molar-refractivity contribution in [1.29, 1.82) is 0 Å². The zero-order valence-electron chi connectivity index (χ0n) is 14.8. The number of carbonyl (C=O) groups excluding carboxylic acids is 1. The third-order valence-electron chi connectivity index (χ3n) is 4.55. The molecule has 0 radical (unpaired) electrons. The molecule has 27 heavy (non-hydrogen) atoms. The Morgan fingerprint density at radius 1 is 1.07 bits per heavy atom. The van der Waals surface area contributed by atoms with Gasteiger partial charge in [-0.05, 0) is 61.7 Å². The number of hydrogen-bond donors (Lipinski definition) is 0. The fourth-order valence-corrected chi connectivity index (χ4v) is 2.98. The Morgan fingerprint density at radius 3 is 2.26 bits per heavy atom. The lowest BCUT2D eigenvalue weighted by molar-refractivity contribution is 0.0717. The number of amides is 1. The van der Waals surface area contributed by atoms with Crippen molar-refractivity contribution in [2.75, 3.05) is 0 Å². The second-order valence-electron chi connectivity index (χ2n) is 6.66. The Morgan fingerprint density at radius 2 is 1.67 bits per heavy atom. The van der Waals surface area contributed by atoms with E-state index in [1.165, 1.54) is 28.9 Å². The van der Waals surface area contributed by atoms with Gasteiger partial charge in [0.25, 0.3) is 5.91 Å². The van der Waals surface area contributed by atoms with E-state index in [9.17, 15) is 13.6 Å². The quantitative estimate of drug-likeness (QED) is 0.691. The van der Waals surface area contributed by atoms with Gasteiger partial charge in [-0.25, -0.2) is 18.4 Å². The third-order valence-corrected chi connectivity index (χ3v) is 4.55. The van der Waals surface area contributed by atoms with E-state index in [-0.39, 0.29) is 29.4 Å². The minimum Gasteiger partial charge on any atom is -0.329 e. The first-order valence-electron chi connectivity index (χ1n) is 8.76. The molecule has 1 heterocycles. The van der Waals surface area contributed by atoms with E-state index in [4.69, 9.17) is 0 Å². The van der Waals surface area contributed by atoms with Crippen LogP contribution in [0.3, 0.4) is 0 Å². The number of aromatic nitrogens is 3. The summed E-state index contributed by atoms with van der Waals surface area (Å²) < 4.78 is 27.8. The summed E-state index contributed by atoms with van der Waals surface area (Å²) in [6.07, 6.45) is 1.87. The Kier molecular flexibility index (Phi) is 4.43. The summed E-state index contributed by atoms with van der Waals surface area (Å²) in [6, 6.07) is 12.1. The molecule has 1 fully saturated rings. The highest BCUT2D eigenvalue weighted by Gasteiger charge is 2.35. The Balaban J connectivity index is 1.59. The molecule has 1 aromatic heterocycles. The molecule has 0 spiro atoms. The van der Waals surface area contributed by atoms with Crippen molar-refractivity contribution in [2.45, 2.75) is 32.4 Å². The van der Waals surface area contributed by atoms with Crippen LogP contribution >= 0.6 is 0 Å². The molecule has 1 amide bonds. The van der Waals surface area contributed by atoms with Gasteiger partial charge in [0, 0.05) is 12.6 Å². The van der Waals surface area contributed by atoms with Gasteiger partial charge < -0.3 is 4.90 Å². The van der Waals surface area contributed by atoms with Crippen LogP contribution in [0.15, 0.2) is 48.5 Å². The predicted octanol–water partition coefficient (Wildman–Crippen LogP) is 3.66. The molecule has 5 nitrogen and oxygen atoms in total. The van der Waals surface area contributed by atoms with Gasteiger partial charge >= 0.3 is 0 Å². The molecule has 0 N–H and O–H groups in total. The number of benzene rings is 2. The topological polar surface area (TPSA) is 51.0 Å². The van der Waals surface area contributed by atoms with Crippen molar-refractivity contribution in [2.24, 2.45) is 0 Å². The molecule has 4 rings (SSSR count). The maximum absolute atomic E-state index is 13.1. The first kappa shape index (κ1) is 17.3. The summed E-state index contributed by atoms with van der Waals surface area (Å²) >= 11 is 0. The maximum Gasteiger partial charge on any atom is 0.294 e. The normalized spacial score (nSPS) is 13.6. The van der Waals surface area contributed by atoms with Gasteiger partial charge in [0.2, 0.25) is 5.82 Å². The zero-order valence-corrected chi connectivity index (χ0v) is 14.8. The molecular formula is C20H18F2N4O. The van der Waals surface area contributed by atoms with Crippen LogP contribution in [0.4, 0.5) is 8.78 Å². The molecule has 1 aliphatic rings. The third kappa shape index (κ3) is 3.72. The summed E-state index contributed by atoms with van der Waals surface area (Å²) in [5.41, 5.74) is 1.49. The molecule has 138 valence electrons. The van der Waals surface area contributed by atoms with Gasteiger partial charge in [0.05, 0.1) is 5.69 Å². The van der Waals surface area contributed by atoms with E-state index < -0.39 is 0 Å². The van der Waals surface area contributed by atoms with E-state index in [2.05, 4.69) is 10.1 Å². The van der Waals surface area contributed by atoms with Gasteiger partial charge in [0.1, 0.15) is 17.5 Å². The first-order valence-corrected chi connectivity index (χ1v) is 8.76. The largest absolute Gasteiger partial charge is 0.329 e. The van der Waals surface area contributed by atoms with E-state index in [1.807, 2.05) is 0 Å². The van der Waals surface area contributed by atoms with Crippen LogP contribution in [0.25, 0.3) is 5.69 Å². The number of rotatable bonds is 5. The highest BCUT2D eigenvalue weighted by atomic mass is 19.1. The lowest BCUT2D eigenvalue weighted by atomic mass is 10.2. The minimum atomic E-state index is -0.341. The lowest BCUT2D eigenvalue weighted by Crippen LogP contribution is -2.33. The average Bonchev–Trinajstić information content (AvgIpc) is 3.43. The molecule has 0 bridgehead atoms. The summed E-state index contributed by atoms with van der Waals surface area (Å²) in [5.74, 6) is -0.260. The SMILES string of the molecule is Cc1nc(C(=O)N(Cc2ccc(F)cc2)C2CC2)nn1-c1ccc(F)cc1. The number of carbonyl (C=O) groups is 1. The number of nitrogens with zero attached hydrogens (tertiary/aromatic N) is 4. The van der Waals surface area contributed by atoms with E-state index in [0.29, 0.717) is 18.1 Å². The lowest BCUT2D eigenvalue weighted by Gasteiger charge is -2.21. The standard InChI is InChI=1S/C20H18F2N4O/c1-13-23-19(24-26(13)18-8-6-16(22)7-9-18)20(27)25(17-10-11-17)12-14-2-4-15(21)5-3-14/h2-9,17H,10-12H2,1H3. The minimum absolute atomic E-state index is 0.103. The monoisotopic (exact) mass is 368 g/mol. The molecular weight excluding hydrogens is 350 g/mol. The highest BCUT2D eigenvalue weighted by Crippen LogP contribution is 2.29. The van der Waals surface area contributed by atoms with Crippen molar-refractivity contribution in [3.63, 3.8) is 0 Å². The zero-order chi connectivity index (χ0) is 19.0. The van der Waals surface area contributed by atoms with E-state index in [0.717, 1.165) is 18.4 Å². The van der Waals surface area contributed by atoms with Crippen LogP contribution < -0.4 is 0 Å². The van der Waals surface area contributed by atoms with E-state index >= 15 is 0 Å². The van der Waals surface area contributed by atoms with Crippen LogP contribution in [-0.2, 0) is 6.54 Å². The van der Waals surface area contributed by atoms with Gasteiger partial charge in [-0.15, -0.1) is 5.10 Å². The average molecular weight is 368 g/mol. The Bertz CT molecular complexity index is 963. The summed E-state index contributed by atoms with van der Waals surface area (Å²) in [6.45, 7) is 2.13. The molecule has 2 aromatic carbocycles. The molecule has 7 heteroatoms.